The first-order chi connectivity index (χ1) is 20.3. The molecule has 3 aromatic rings. The third kappa shape index (κ3) is 7.37. The SMILES string of the molecule is Cc1cc(C=C(c2ccc(C(C)C)cc2)C2CCCCC2)c(C)cc1C=C(c1ccc(C(C)C)cc1)C1CCCCC1. The zero-order valence-electron chi connectivity index (χ0n) is 27.3. The van der Waals surface area contributed by atoms with Gasteiger partial charge in [-0.25, -0.2) is 0 Å². The Balaban J connectivity index is 1.53. The van der Waals surface area contributed by atoms with E-state index < -0.39 is 0 Å². The molecule has 2 fully saturated rings. The topological polar surface area (TPSA) is 0 Å². The fourth-order valence-electron chi connectivity index (χ4n) is 7.33. The number of allylic oxidation sites excluding steroid dienone is 2. The van der Waals surface area contributed by atoms with Gasteiger partial charge in [0.05, 0.1) is 0 Å². The summed E-state index contributed by atoms with van der Waals surface area (Å²) in [6.45, 7) is 13.8. The van der Waals surface area contributed by atoms with Crippen LogP contribution in [0.3, 0.4) is 0 Å². The lowest BCUT2D eigenvalue weighted by Crippen LogP contribution is -2.09. The highest BCUT2D eigenvalue weighted by Crippen LogP contribution is 2.40. The van der Waals surface area contributed by atoms with Gasteiger partial charge in [-0.15, -0.1) is 0 Å². The fourth-order valence-corrected chi connectivity index (χ4v) is 7.33. The minimum atomic E-state index is 0.568. The van der Waals surface area contributed by atoms with E-state index in [0.29, 0.717) is 23.7 Å². The van der Waals surface area contributed by atoms with Crippen molar-refractivity contribution < 1.29 is 0 Å². The molecule has 3 aromatic carbocycles. The molecule has 2 saturated carbocycles. The van der Waals surface area contributed by atoms with Gasteiger partial charge in [0.1, 0.15) is 0 Å². The second kappa shape index (κ2) is 14.1. The van der Waals surface area contributed by atoms with Crippen LogP contribution in [0.5, 0.6) is 0 Å². The summed E-state index contributed by atoms with van der Waals surface area (Å²) in [7, 11) is 0. The normalized spacial score (nSPS) is 17.8. The molecule has 0 bridgehead atoms. The van der Waals surface area contributed by atoms with Gasteiger partial charge >= 0.3 is 0 Å². The molecule has 0 heterocycles. The van der Waals surface area contributed by atoms with Crippen molar-refractivity contribution in [3.8, 4) is 0 Å². The minimum absolute atomic E-state index is 0.568. The molecule has 0 amide bonds. The molecule has 0 atom stereocenters. The number of benzene rings is 3. The van der Waals surface area contributed by atoms with Crippen LogP contribution < -0.4 is 0 Å². The predicted molar refractivity (Wildman–Crippen MR) is 186 cm³/mol. The first-order valence-electron chi connectivity index (χ1n) is 17.0. The van der Waals surface area contributed by atoms with Crippen LogP contribution in [-0.2, 0) is 0 Å². The summed E-state index contributed by atoms with van der Waals surface area (Å²) in [4.78, 5) is 0. The standard InChI is InChI=1S/C42H54/c1-29(2)33-17-21-37(22-18-33)41(35-13-9-7-10-14-35)27-39-25-32(6)40(26-31(39)5)28-42(36-15-11-8-12-16-36)38-23-19-34(20-24-38)30(3)4/h17-30,35-36H,7-16H2,1-6H3. The molecule has 5 rings (SSSR count). The Morgan fingerprint density at radius 1 is 0.524 bits per heavy atom. The highest BCUT2D eigenvalue weighted by Gasteiger charge is 2.22. The van der Waals surface area contributed by atoms with Gasteiger partial charge in [-0.2, -0.15) is 0 Å². The molecule has 0 unspecified atom stereocenters. The van der Waals surface area contributed by atoms with Crippen LogP contribution in [-0.4, -0.2) is 0 Å². The second-order valence-corrected chi connectivity index (χ2v) is 14.0. The molecule has 0 aromatic heterocycles. The summed E-state index contributed by atoms with van der Waals surface area (Å²) in [5, 5.41) is 0. The Labute approximate surface area is 257 Å². The highest BCUT2D eigenvalue weighted by molar-refractivity contribution is 5.87. The smallest absolute Gasteiger partial charge is 0.0156 e. The van der Waals surface area contributed by atoms with Crippen molar-refractivity contribution in [1.29, 1.82) is 0 Å². The lowest BCUT2D eigenvalue weighted by atomic mass is 9.79. The fraction of sp³-hybridized carbons (Fsp3) is 0.476. The Kier molecular flexibility index (Phi) is 10.3. The monoisotopic (exact) mass is 558 g/mol. The van der Waals surface area contributed by atoms with Crippen LogP contribution in [0.2, 0.25) is 0 Å². The van der Waals surface area contributed by atoms with Gasteiger partial charge < -0.3 is 0 Å². The van der Waals surface area contributed by atoms with Crippen LogP contribution in [0.1, 0.15) is 148 Å². The maximum Gasteiger partial charge on any atom is -0.0156 e. The van der Waals surface area contributed by atoms with Crippen molar-refractivity contribution in [2.24, 2.45) is 11.8 Å². The molecule has 0 spiro atoms. The molecule has 0 heteroatoms. The van der Waals surface area contributed by atoms with Crippen LogP contribution in [0.15, 0.2) is 60.7 Å². The van der Waals surface area contributed by atoms with Gasteiger partial charge in [-0.3, -0.25) is 0 Å². The largest absolute Gasteiger partial charge is 0.0587 e. The van der Waals surface area contributed by atoms with Crippen molar-refractivity contribution >= 4 is 23.3 Å². The average Bonchev–Trinajstić information content (AvgIpc) is 3.01. The molecular weight excluding hydrogens is 504 g/mol. The van der Waals surface area contributed by atoms with Gasteiger partial charge in [-0.1, -0.05) is 139 Å². The average molecular weight is 559 g/mol. The van der Waals surface area contributed by atoms with Gasteiger partial charge in [0, 0.05) is 0 Å². The number of hydrogen-bond acceptors (Lipinski definition) is 0. The lowest BCUT2D eigenvalue weighted by molar-refractivity contribution is 0.430. The number of aryl methyl sites for hydroxylation is 2. The van der Waals surface area contributed by atoms with Gasteiger partial charge in [0.15, 0.2) is 0 Å². The summed E-state index contributed by atoms with van der Waals surface area (Å²) in [6, 6.07) is 23.9. The summed E-state index contributed by atoms with van der Waals surface area (Å²) >= 11 is 0. The maximum absolute atomic E-state index is 2.54. The molecular formula is C42H54. The Bertz CT molecular complexity index is 1260. The van der Waals surface area contributed by atoms with Gasteiger partial charge in [0.2, 0.25) is 0 Å². The number of hydrogen-bond donors (Lipinski definition) is 0. The summed E-state index contributed by atoms with van der Waals surface area (Å²) in [6.07, 6.45) is 18.6. The Morgan fingerprint density at radius 3 is 1.17 bits per heavy atom. The summed E-state index contributed by atoms with van der Waals surface area (Å²) in [5.41, 5.74) is 14.3. The molecule has 0 aliphatic heterocycles. The van der Waals surface area contributed by atoms with Crippen LogP contribution in [0.25, 0.3) is 23.3 Å². The number of rotatable bonds is 8. The molecule has 0 nitrogen and oxygen atoms in total. The molecule has 0 saturated heterocycles. The first-order valence-corrected chi connectivity index (χ1v) is 17.0. The molecule has 0 radical (unpaired) electrons. The van der Waals surface area contributed by atoms with E-state index in [1.807, 2.05) is 0 Å². The van der Waals surface area contributed by atoms with Crippen molar-refractivity contribution in [3.05, 3.63) is 105 Å². The third-order valence-corrected chi connectivity index (χ3v) is 10.2. The highest BCUT2D eigenvalue weighted by atomic mass is 14.3. The van der Waals surface area contributed by atoms with E-state index in [1.165, 1.54) is 109 Å². The van der Waals surface area contributed by atoms with Crippen LogP contribution >= 0.6 is 0 Å². The van der Waals surface area contributed by atoms with E-state index in [-0.39, 0.29) is 0 Å². The van der Waals surface area contributed by atoms with E-state index in [4.69, 9.17) is 0 Å². The van der Waals surface area contributed by atoms with Crippen molar-refractivity contribution in [3.63, 3.8) is 0 Å². The van der Waals surface area contributed by atoms with E-state index in [1.54, 1.807) is 11.1 Å². The van der Waals surface area contributed by atoms with Crippen LogP contribution in [0, 0.1) is 25.7 Å². The molecule has 2 aliphatic carbocycles. The molecule has 0 N–H and O–H groups in total. The molecule has 222 valence electrons. The van der Waals surface area contributed by atoms with Gasteiger partial charge in [0.25, 0.3) is 0 Å². The van der Waals surface area contributed by atoms with E-state index >= 15 is 0 Å². The Hall–Kier alpha value is -2.86. The van der Waals surface area contributed by atoms with Gasteiger partial charge in [-0.05, 0) is 119 Å². The Morgan fingerprint density at radius 2 is 0.857 bits per heavy atom. The molecule has 2 aliphatic rings. The third-order valence-electron chi connectivity index (χ3n) is 10.2. The van der Waals surface area contributed by atoms with E-state index in [9.17, 15) is 0 Å². The van der Waals surface area contributed by atoms with Crippen LogP contribution in [0.4, 0.5) is 0 Å². The predicted octanol–water partition coefficient (Wildman–Crippen LogP) is 12.8. The van der Waals surface area contributed by atoms with Crippen molar-refractivity contribution in [2.75, 3.05) is 0 Å². The zero-order valence-corrected chi connectivity index (χ0v) is 27.3. The summed E-state index contributed by atoms with van der Waals surface area (Å²) < 4.78 is 0. The van der Waals surface area contributed by atoms with E-state index in [0.717, 1.165) is 0 Å². The quantitative estimate of drug-likeness (QED) is 0.241. The summed E-state index contributed by atoms with van der Waals surface area (Å²) in [5.74, 6) is 2.46. The maximum atomic E-state index is 2.54. The van der Waals surface area contributed by atoms with Crippen molar-refractivity contribution in [1.82, 2.24) is 0 Å². The zero-order chi connectivity index (χ0) is 29.6. The lowest BCUT2D eigenvalue weighted by Gasteiger charge is -2.26. The van der Waals surface area contributed by atoms with Crippen molar-refractivity contribution in [2.45, 2.75) is 118 Å². The van der Waals surface area contributed by atoms with E-state index in [2.05, 4.69) is 114 Å². The molecule has 42 heavy (non-hydrogen) atoms. The second-order valence-electron chi connectivity index (χ2n) is 14.0. The minimum Gasteiger partial charge on any atom is -0.0587 e. The first kappa shape index (κ1) is 30.6.